The van der Waals surface area contributed by atoms with Crippen LogP contribution in [0, 0.1) is 11.8 Å². The van der Waals surface area contributed by atoms with Gasteiger partial charge in [-0.15, -0.1) is 0 Å². The van der Waals surface area contributed by atoms with Gasteiger partial charge in [-0.25, -0.2) is 0 Å². The van der Waals surface area contributed by atoms with Gasteiger partial charge in [-0.05, 0) is 57.4 Å². The molecule has 0 bridgehead atoms. The zero-order valence-electron chi connectivity index (χ0n) is 12.8. The van der Waals surface area contributed by atoms with E-state index in [0.29, 0.717) is 5.92 Å². The lowest BCUT2D eigenvalue weighted by atomic mass is 9.81. The lowest BCUT2D eigenvalue weighted by molar-refractivity contribution is -0.127. The van der Waals surface area contributed by atoms with Crippen LogP contribution in [0.4, 0.5) is 0 Å². The van der Waals surface area contributed by atoms with Crippen molar-refractivity contribution >= 4 is 5.91 Å². The molecule has 1 saturated carbocycles. The number of aromatic nitrogens is 2. The third-order valence-electron chi connectivity index (χ3n) is 5.24. The largest absolute Gasteiger partial charge is 0.349 e. The molecule has 5 heteroatoms. The minimum absolute atomic E-state index is 0.155. The fraction of sp³-hybridized carbons (Fsp3) is 0.750. The van der Waals surface area contributed by atoms with Gasteiger partial charge in [0.25, 0.3) is 0 Å². The van der Waals surface area contributed by atoms with Gasteiger partial charge in [0.1, 0.15) is 0 Å². The summed E-state index contributed by atoms with van der Waals surface area (Å²) in [4.78, 5) is 12.5. The molecule has 2 aliphatic rings. The average Bonchev–Trinajstić information content (AvgIpc) is 2.90. The maximum Gasteiger partial charge on any atom is 0.223 e. The first-order chi connectivity index (χ1) is 10.2. The Bertz CT molecular complexity index is 502. The number of nitrogens with one attached hydrogen (secondary N) is 1. The predicted molar refractivity (Wildman–Crippen MR) is 81.5 cm³/mol. The molecular weight excluding hydrogens is 264 g/mol. The minimum Gasteiger partial charge on any atom is -0.349 e. The monoisotopic (exact) mass is 290 g/mol. The van der Waals surface area contributed by atoms with Gasteiger partial charge < -0.3 is 11.1 Å². The first kappa shape index (κ1) is 14.6. The van der Waals surface area contributed by atoms with E-state index in [2.05, 4.69) is 10.4 Å². The molecule has 0 radical (unpaired) electrons. The van der Waals surface area contributed by atoms with Crippen LogP contribution in [0.2, 0.25) is 0 Å². The second-order valence-electron chi connectivity index (χ2n) is 6.58. The smallest absolute Gasteiger partial charge is 0.223 e. The first-order valence-electron chi connectivity index (χ1n) is 8.20. The van der Waals surface area contributed by atoms with Crippen LogP contribution in [0.15, 0.2) is 6.20 Å². The van der Waals surface area contributed by atoms with Crippen LogP contribution < -0.4 is 11.1 Å². The summed E-state index contributed by atoms with van der Waals surface area (Å²) in [7, 11) is 1.98. The molecule has 0 spiro atoms. The summed E-state index contributed by atoms with van der Waals surface area (Å²) in [5, 5.41) is 7.61. The number of carbonyl (C=O) groups is 1. The van der Waals surface area contributed by atoms with Crippen LogP contribution >= 0.6 is 0 Å². The Morgan fingerprint density at radius 1 is 1.38 bits per heavy atom. The minimum atomic E-state index is 0.155. The van der Waals surface area contributed by atoms with E-state index in [9.17, 15) is 4.79 Å². The van der Waals surface area contributed by atoms with Crippen LogP contribution in [0.3, 0.4) is 0 Å². The van der Waals surface area contributed by atoms with E-state index < -0.39 is 0 Å². The van der Waals surface area contributed by atoms with E-state index >= 15 is 0 Å². The quantitative estimate of drug-likeness (QED) is 0.889. The predicted octanol–water partition coefficient (Wildman–Crippen LogP) is 1.68. The number of carbonyl (C=O) groups excluding carboxylic acids is 1. The summed E-state index contributed by atoms with van der Waals surface area (Å²) in [6.45, 7) is 0.760. The molecule has 1 unspecified atom stereocenters. The van der Waals surface area contributed by atoms with E-state index in [-0.39, 0.29) is 17.9 Å². The van der Waals surface area contributed by atoms with Crippen LogP contribution in [-0.2, 0) is 18.3 Å². The fourth-order valence-corrected chi connectivity index (χ4v) is 3.81. The molecule has 1 fully saturated rings. The summed E-state index contributed by atoms with van der Waals surface area (Å²) < 4.78 is 1.94. The third-order valence-corrected chi connectivity index (χ3v) is 5.24. The molecule has 3 N–H and O–H groups in total. The van der Waals surface area contributed by atoms with Crippen molar-refractivity contribution in [3.05, 3.63) is 17.5 Å². The standard InChI is InChI=1S/C16H26N4O/c1-20-15-4-2-3-14(13(15)10-18-20)19-16(21)12-7-5-11(9-17)6-8-12/h10-12,14H,2-9,17H2,1H3,(H,19,21). The van der Waals surface area contributed by atoms with E-state index in [1.54, 1.807) is 0 Å². The Morgan fingerprint density at radius 3 is 2.86 bits per heavy atom. The SMILES string of the molecule is Cn1ncc2c1CCCC2NC(=O)C1CCC(CN)CC1. The Hall–Kier alpha value is -1.36. The molecule has 3 rings (SSSR count). The molecule has 1 atom stereocenters. The van der Waals surface area contributed by atoms with E-state index in [1.807, 2.05) is 17.9 Å². The van der Waals surface area contributed by atoms with Crippen molar-refractivity contribution in [1.82, 2.24) is 15.1 Å². The van der Waals surface area contributed by atoms with Gasteiger partial charge >= 0.3 is 0 Å². The van der Waals surface area contributed by atoms with E-state index in [4.69, 9.17) is 5.73 Å². The molecule has 1 heterocycles. The normalized spacial score (nSPS) is 29.0. The average molecular weight is 290 g/mol. The van der Waals surface area contributed by atoms with Crippen LogP contribution in [-0.4, -0.2) is 22.2 Å². The highest BCUT2D eigenvalue weighted by atomic mass is 16.1. The maximum absolute atomic E-state index is 12.5. The Balaban J connectivity index is 1.61. The number of nitrogens with two attached hydrogens (primary N) is 1. The summed E-state index contributed by atoms with van der Waals surface area (Å²) in [5.41, 5.74) is 8.21. The number of fused-ring (bicyclic) bond motifs is 1. The zero-order valence-corrected chi connectivity index (χ0v) is 12.8. The number of nitrogens with zero attached hydrogens (tertiary/aromatic N) is 2. The highest BCUT2D eigenvalue weighted by Crippen LogP contribution is 2.32. The number of hydrogen-bond donors (Lipinski definition) is 2. The van der Waals surface area contributed by atoms with Crippen LogP contribution in [0.1, 0.15) is 55.8 Å². The lowest BCUT2D eigenvalue weighted by Crippen LogP contribution is -2.37. The van der Waals surface area contributed by atoms with Crippen molar-refractivity contribution in [3.63, 3.8) is 0 Å². The van der Waals surface area contributed by atoms with Gasteiger partial charge in [0.2, 0.25) is 5.91 Å². The zero-order chi connectivity index (χ0) is 14.8. The maximum atomic E-state index is 12.5. The summed E-state index contributed by atoms with van der Waals surface area (Å²) in [6.07, 6.45) is 9.31. The molecule has 0 aromatic carbocycles. The van der Waals surface area contributed by atoms with Crippen LogP contribution in [0.25, 0.3) is 0 Å². The highest BCUT2D eigenvalue weighted by molar-refractivity contribution is 5.79. The lowest BCUT2D eigenvalue weighted by Gasteiger charge is -2.30. The van der Waals surface area contributed by atoms with Crippen molar-refractivity contribution < 1.29 is 4.79 Å². The number of amides is 1. The summed E-state index contributed by atoms with van der Waals surface area (Å²) in [5.74, 6) is 1.02. The van der Waals surface area contributed by atoms with E-state index in [0.717, 1.165) is 51.5 Å². The van der Waals surface area contributed by atoms with Gasteiger partial charge in [0.05, 0.1) is 12.2 Å². The summed E-state index contributed by atoms with van der Waals surface area (Å²) in [6, 6.07) is 0.155. The van der Waals surface area contributed by atoms with Crippen molar-refractivity contribution in [1.29, 1.82) is 0 Å². The molecule has 116 valence electrons. The molecule has 1 amide bonds. The molecule has 0 saturated heterocycles. The van der Waals surface area contributed by atoms with Gasteiger partial charge in [-0.2, -0.15) is 5.10 Å². The van der Waals surface area contributed by atoms with Crippen molar-refractivity contribution in [2.45, 2.75) is 51.0 Å². The Labute approximate surface area is 126 Å². The Kier molecular flexibility index (Phi) is 4.29. The first-order valence-corrected chi connectivity index (χ1v) is 8.20. The molecule has 0 aliphatic heterocycles. The van der Waals surface area contributed by atoms with Gasteiger partial charge in [0.15, 0.2) is 0 Å². The highest BCUT2D eigenvalue weighted by Gasteiger charge is 2.29. The fourth-order valence-electron chi connectivity index (χ4n) is 3.81. The van der Waals surface area contributed by atoms with Crippen LogP contribution in [0.5, 0.6) is 0 Å². The topological polar surface area (TPSA) is 72.9 Å². The third kappa shape index (κ3) is 2.98. The Morgan fingerprint density at radius 2 is 2.14 bits per heavy atom. The number of rotatable bonds is 3. The van der Waals surface area contributed by atoms with Crippen molar-refractivity contribution in [2.24, 2.45) is 24.6 Å². The van der Waals surface area contributed by atoms with E-state index in [1.165, 1.54) is 11.3 Å². The summed E-state index contributed by atoms with van der Waals surface area (Å²) >= 11 is 0. The molecule has 1 aromatic rings. The van der Waals surface area contributed by atoms with Crippen molar-refractivity contribution in [2.75, 3.05) is 6.54 Å². The molecule has 1 aromatic heterocycles. The molecule has 21 heavy (non-hydrogen) atoms. The molecule has 5 nitrogen and oxygen atoms in total. The second-order valence-corrected chi connectivity index (χ2v) is 6.58. The number of aryl methyl sites for hydroxylation is 1. The molecule has 2 aliphatic carbocycles. The number of hydrogen-bond acceptors (Lipinski definition) is 3. The molecular formula is C16H26N4O. The van der Waals surface area contributed by atoms with Gasteiger partial charge in [0, 0.05) is 24.2 Å². The van der Waals surface area contributed by atoms with Gasteiger partial charge in [-0.3, -0.25) is 9.48 Å². The van der Waals surface area contributed by atoms with Gasteiger partial charge in [-0.1, -0.05) is 0 Å². The second kappa shape index (κ2) is 6.18. The van der Waals surface area contributed by atoms with Crippen molar-refractivity contribution in [3.8, 4) is 0 Å².